The number of amides is 3. The average Bonchev–Trinajstić information content (AvgIpc) is 3.33. The number of imide groups is 1. The Hall–Kier alpha value is -2.99. The second kappa shape index (κ2) is 6.77. The lowest BCUT2D eigenvalue weighted by Gasteiger charge is -2.30. The minimum absolute atomic E-state index is 0.100. The first kappa shape index (κ1) is 19.0. The fourth-order valence-electron chi connectivity index (χ4n) is 5.43. The van der Waals surface area contributed by atoms with E-state index in [0.29, 0.717) is 18.7 Å². The molecular weight excluding hydrogens is 378 g/mol. The van der Waals surface area contributed by atoms with Crippen molar-refractivity contribution in [2.24, 2.45) is 17.8 Å². The van der Waals surface area contributed by atoms with Gasteiger partial charge in [0, 0.05) is 23.8 Å². The molecule has 6 heteroatoms. The van der Waals surface area contributed by atoms with Gasteiger partial charge in [0.2, 0.25) is 17.7 Å². The van der Waals surface area contributed by atoms with Gasteiger partial charge in [0.25, 0.3) is 0 Å². The van der Waals surface area contributed by atoms with Gasteiger partial charge in [-0.3, -0.25) is 24.6 Å². The highest BCUT2D eigenvalue weighted by molar-refractivity contribution is 6.15. The maximum Gasteiger partial charge on any atom is 0.250 e. The Bertz CT molecular complexity index is 1040. The molecule has 30 heavy (non-hydrogen) atoms. The van der Waals surface area contributed by atoms with Gasteiger partial charge < -0.3 is 5.32 Å². The number of nitrogens with one attached hydrogen (secondary N) is 2. The fourth-order valence-corrected chi connectivity index (χ4v) is 5.43. The molecule has 0 aromatic heterocycles. The van der Waals surface area contributed by atoms with E-state index in [2.05, 4.69) is 10.6 Å². The summed E-state index contributed by atoms with van der Waals surface area (Å²) in [4.78, 5) is 41.6. The molecule has 2 aromatic rings. The molecule has 2 aromatic carbocycles. The average molecular weight is 403 g/mol. The zero-order valence-electron chi connectivity index (χ0n) is 17.1. The molecule has 3 aliphatic rings. The van der Waals surface area contributed by atoms with E-state index in [1.54, 1.807) is 0 Å². The molecule has 0 aliphatic carbocycles. The van der Waals surface area contributed by atoms with Crippen LogP contribution in [0.2, 0.25) is 0 Å². The molecule has 3 aliphatic heterocycles. The summed E-state index contributed by atoms with van der Waals surface area (Å²) in [6.07, 6.45) is 0.604. The number of rotatable bonds is 4. The smallest absolute Gasteiger partial charge is 0.250 e. The van der Waals surface area contributed by atoms with Crippen molar-refractivity contribution in [3.8, 4) is 0 Å². The quantitative estimate of drug-likeness (QED) is 0.768. The zero-order valence-corrected chi connectivity index (χ0v) is 17.1. The van der Waals surface area contributed by atoms with Crippen molar-refractivity contribution in [2.75, 3.05) is 11.9 Å². The normalized spacial score (nSPS) is 29.6. The molecule has 2 saturated heterocycles. The van der Waals surface area contributed by atoms with Crippen molar-refractivity contribution in [2.45, 2.75) is 31.8 Å². The molecule has 1 spiro atoms. The number of hydrogen-bond acceptors (Lipinski definition) is 4. The highest BCUT2D eigenvalue weighted by Gasteiger charge is 2.70. The SMILES string of the molecule is CC(C)C1NC2(C(=O)Nc3ccccc32)[C@@H]2C(=O)N(CCc3ccccc3)C(=O)[C@H]12. The van der Waals surface area contributed by atoms with Crippen LogP contribution in [0.25, 0.3) is 0 Å². The molecule has 6 nitrogen and oxygen atoms in total. The van der Waals surface area contributed by atoms with Crippen LogP contribution in [0.3, 0.4) is 0 Å². The van der Waals surface area contributed by atoms with E-state index in [0.717, 1.165) is 11.1 Å². The van der Waals surface area contributed by atoms with Crippen LogP contribution < -0.4 is 10.6 Å². The van der Waals surface area contributed by atoms with E-state index in [4.69, 9.17) is 0 Å². The summed E-state index contributed by atoms with van der Waals surface area (Å²) in [5.74, 6) is -1.82. The number of hydrogen-bond donors (Lipinski definition) is 2. The largest absolute Gasteiger partial charge is 0.324 e. The van der Waals surface area contributed by atoms with Crippen LogP contribution in [0.15, 0.2) is 54.6 Å². The summed E-state index contributed by atoms with van der Waals surface area (Å²) in [5, 5.41) is 6.38. The summed E-state index contributed by atoms with van der Waals surface area (Å²) >= 11 is 0. The van der Waals surface area contributed by atoms with Crippen LogP contribution in [-0.4, -0.2) is 35.2 Å². The van der Waals surface area contributed by atoms with Crippen LogP contribution in [0, 0.1) is 17.8 Å². The van der Waals surface area contributed by atoms with E-state index in [-0.39, 0.29) is 29.7 Å². The van der Waals surface area contributed by atoms with Gasteiger partial charge in [0.1, 0.15) is 5.54 Å². The number of nitrogens with zero attached hydrogens (tertiary/aromatic N) is 1. The fraction of sp³-hybridized carbons (Fsp3) is 0.375. The number of likely N-dealkylation sites (tertiary alicyclic amines) is 1. The maximum atomic E-state index is 13.6. The first-order valence-electron chi connectivity index (χ1n) is 10.5. The summed E-state index contributed by atoms with van der Waals surface area (Å²) < 4.78 is 0. The number of anilines is 1. The standard InChI is InChI=1S/C24H25N3O3/c1-14(2)20-18-19(24(26-20)16-10-6-7-11-17(16)25-23(24)30)22(29)27(21(18)28)13-12-15-8-4-3-5-9-15/h3-11,14,18-20,26H,12-13H2,1-2H3,(H,25,30)/t18-,19-,20?,24?/m0/s1. The Balaban J connectivity index is 1.54. The van der Waals surface area contributed by atoms with Crippen molar-refractivity contribution in [1.29, 1.82) is 0 Å². The summed E-state index contributed by atoms with van der Waals surface area (Å²) in [6.45, 7) is 4.38. The number of para-hydroxylation sites is 1. The van der Waals surface area contributed by atoms with Crippen molar-refractivity contribution < 1.29 is 14.4 Å². The van der Waals surface area contributed by atoms with Gasteiger partial charge in [-0.1, -0.05) is 62.4 Å². The van der Waals surface area contributed by atoms with Crippen molar-refractivity contribution in [1.82, 2.24) is 10.2 Å². The van der Waals surface area contributed by atoms with Gasteiger partial charge in [-0.05, 0) is 24.0 Å². The Morgan fingerprint density at radius 2 is 1.67 bits per heavy atom. The lowest BCUT2D eigenvalue weighted by molar-refractivity contribution is -0.142. The Morgan fingerprint density at radius 3 is 2.40 bits per heavy atom. The van der Waals surface area contributed by atoms with Crippen LogP contribution in [0.5, 0.6) is 0 Å². The summed E-state index contributed by atoms with van der Waals surface area (Å²) in [5.41, 5.74) is 1.36. The first-order chi connectivity index (χ1) is 14.4. The molecule has 0 radical (unpaired) electrons. The third-order valence-corrected chi connectivity index (χ3v) is 6.83. The van der Waals surface area contributed by atoms with Gasteiger partial charge in [0.15, 0.2) is 0 Å². The van der Waals surface area contributed by atoms with Crippen molar-refractivity contribution in [3.63, 3.8) is 0 Å². The number of fused-ring (bicyclic) bond motifs is 4. The monoisotopic (exact) mass is 403 g/mol. The second-order valence-electron chi connectivity index (χ2n) is 8.79. The molecule has 3 amide bonds. The third-order valence-electron chi connectivity index (χ3n) is 6.83. The lowest BCUT2D eigenvalue weighted by atomic mass is 9.76. The van der Waals surface area contributed by atoms with Crippen molar-refractivity contribution in [3.05, 3.63) is 65.7 Å². The number of carbonyl (C=O) groups excluding carboxylic acids is 3. The minimum atomic E-state index is -1.19. The highest BCUT2D eigenvalue weighted by atomic mass is 16.2. The van der Waals surface area contributed by atoms with Crippen LogP contribution >= 0.6 is 0 Å². The minimum Gasteiger partial charge on any atom is -0.324 e. The maximum absolute atomic E-state index is 13.6. The van der Waals surface area contributed by atoms with E-state index in [1.165, 1.54) is 4.90 Å². The first-order valence-corrected chi connectivity index (χ1v) is 10.5. The molecule has 3 heterocycles. The topological polar surface area (TPSA) is 78.5 Å². The molecule has 154 valence electrons. The van der Waals surface area contributed by atoms with E-state index in [1.807, 2.05) is 68.4 Å². The molecular formula is C24H25N3O3. The molecule has 2 unspecified atom stereocenters. The predicted molar refractivity (Wildman–Crippen MR) is 112 cm³/mol. The highest BCUT2D eigenvalue weighted by Crippen LogP contribution is 2.53. The molecule has 0 bridgehead atoms. The Labute approximate surface area is 175 Å². The van der Waals surface area contributed by atoms with Crippen molar-refractivity contribution >= 4 is 23.4 Å². The van der Waals surface area contributed by atoms with E-state index >= 15 is 0 Å². The van der Waals surface area contributed by atoms with Crippen LogP contribution in [-0.2, 0) is 26.3 Å². The predicted octanol–water partition coefficient (Wildman–Crippen LogP) is 2.31. The van der Waals surface area contributed by atoms with Gasteiger partial charge in [-0.2, -0.15) is 0 Å². The van der Waals surface area contributed by atoms with Gasteiger partial charge in [0.05, 0.1) is 11.8 Å². The lowest BCUT2D eigenvalue weighted by Crippen LogP contribution is -2.54. The molecule has 2 fully saturated rings. The number of benzene rings is 2. The summed E-state index contributed by atoms with van der Waals surface area (Å²) in [6, 6.07) is 17.0. The van der Waals surface area contributed by atoms with Gasteiger partial charge in [-0.15, -0.1) is 0 Å². The number of carbonyl (C=O) groups is 3. The summed E-state index contributed by atoms with van der Waals surface area (Å²) in [7, 11) is 0. The Morgan fingerprint density at radius 1 is 0.967 bits per heavy atom. The van der Waals surface area contributed by atoms with Crippen LogP contribution in [0.1, 0.15) is 25.0 Å². The second-order valence-corrected chi connectivity index (χ2v) is 8.79. The molecule has 4 atom stereocenters. The Kier molecular flexibility index (Phi) is 4.29. The molecule has 2 N–H and O–H groups in total. The van der Waals surface area contributed by atoms with Crippen LogP contribution in [0.4, 0.5) is 5.69 Å². The molecule has 0 saturated carbocycles. The van der Waals surface area contributed by atoms with E-state index in [9.17, 15) is 14.4 Å². The van der Waals surface area contributed by atoms with Gasteiger partial charge >= 0.3 is 0 Å². The molecule has 5 rings (SSSR count). The van der Waals surface area contributed by atoms with Gasteiger partial charge in [-0.25, -0.2) is 0 Å². The van der Waals surface area contributed by atoms with E-state index < -0.39 is 17.4 Å². The zero-order chi connectivity index (χ0) is 21.0. The third kappa shape index (κ3) is 2.50.